The summed E-state index contributed by atoms with van der Waals surface area (Å²) in [6, 6.07) is 21.4. The predicted octanol–water partition coefficient (Wildman–Crippen LogP) is 6.03. The minimum atomic E-state index is -0.968. The number of hydrogen-bond acceptors (Lipinski definition) is 4. The average molecular weight is 444 g/mol. The Kier molecular flexibility index (Phi) is 5.50. The maximum Gasteiger partial charge on any atom is 0.335 e. The van der Waals surface area contributed by atoms with Crippen LogP contribution in [0.15, 0.2) is 72.9 Å². The highest BCUT2D eigenvalue weighted by atomic mass is 35.5. The van der Waals surface area contributed by atoms with Gasteiger partial charge in [-0.15, -0.1) is 0 Å². The molecule has 1 aliphatic rings. The first kappa shape index (κ1) is 20.5. The largest absolute Gasteiger partial charge is 0.478 e. The second-order valence-electron chi connectivity index (χ2n) is 8.13. The van der Waals surface area contributed by atoms with Gasteiger partial charge in [-0.1, -0.05) is 35.9 Å². The normalized spacial score (nSPS) is 14.6. The second-order valence-corrected chi connectivity index (χ2v) is 8.57. The van der Waals surface area contributed by atoms with Gasteiger partial charge in [-0.05, 0) is 66.8 Å². The van der Waals surface area contributed by atoms with Crippen molar-refractivity contribution in [1.82, 2.24) is 9.97 Å². The number of carboxylic acids is 1. The smallest absolute Gasteiger partial charge is 0.335 e. The Balaban J connectivity index is 1.35. The van der Waals surface area contributed by atoms with E-state index in [1.165, 1.54) is 11.3 Å². The zero-order valence-corrected chi connectivity index (χ0v) is 18.2. The molecule has 6 heteroatoms. The molecule has 0 unspecified atom stereocenters. The van der Waals surface area contributed by atoms with Crippen LogP contribution < -0.4 is 4.90 Å². The van der Waals surface area contributed by atoms with Gasteiger partial charge in [0.15, 0.2) is 0 Å². The van der Waals surface area contributed by atoms with E-state index in [1.807, 2.05) is 24.3 Å². The number of benzene rings is 3. The number of anilines is 1. The van der Waals surface area contributed by atoms with Crippen LogP contribution in [0.1, 0.15) is 34.7 Å². The molecule has 1 saturated heterocycles. The minimum Gasteiger partial charge on any atom is -0.478 e. The van der Waals surface area contributed by atoms with Crippen molar-refractivity contribution in [2.75, 3.05) is 18.0 Å². The van der Waals surface area contributed by atoms with Crippen LogP contribution in [0, 0.1) is 0 Å². The molecule has 0 saturated carbocycles. The van der Waals surface area contributed by atoms with Gasteiger partial charge in [-0.25, -0.2) is 9.78 Å². The van der Waals surface area contributed by atoms with E-state index in [-0.39, 0.29) is 5.56 Å². The molecule has 32 heavy (non-hydrogen) atoms. The molecule has 3 aromatic carbocycles. The lowest BCUT2D eigenvalue weighted by atomic mass is 9.89. The van der Waals surface area contributed by atoms with E-state index in [0.29, 0.717) is 17.0 Å². The van der Waals surface area contributed by atoms with E-state index in [0.717, 1.165) is 42.2 Å². The van der Waals surface area contributed by atoms with Gasteiger partial charge < -0.3 is 10.0 Å². The molecule has 0 radical (unpaired) electrons. The number of nitrogens with zero attached hydrogens (tertiary/aromatic N) is 3. The monoisotopic (exact) mass is 443 g/mol. The third-order valence-electron chi connectivity index (χ3n) is 6.11. The maximum absolute atomic E-state index is 11.2. The Morgan fingerprint density at radius 1 is 0.969 bits per heavy atom. The summed E-state index contributed by atoms with van der Waals surface area (Å²) in [4.78, 5) is 22.7. The van der Waals surface area contributed by atoms with Gasteiger partial charge >= 0.3 is 5.97 Å². The van der Waals surface area contributed by atoms with Crippen molar-refractivity contribution in [2.45, 2.75) is 18.8 Å². The Labute approximate surface area is 191 Å². The summed E-state index contributed by atoms with van der Waals surface area (Å²) in [6.45, 7) is 1.98. The van der Waals surface area contributed by atoms with Crippen molar-refractivity contribution in [3.05, 3.63) is 89.1 Å². The molecule has 1 aromatic heterocycles. The highest BCUT2D eigenvalue weighted by molar-refractivity contribution is 6.30. The van der Waals surface area contributed by atoms with Crippen LogP contribution in [-0.4, -0.2) is 34.1 Å². The van der Waals surface area contributed by atoms with Gasteiger partial charge in [0, 0.05) is 29.4 Å². The van der Waals surface area contributed by atoms with Gasteiger partial charge in [0.2, 0.25) is 0 Å². The molecule has 4 aromatic rings. The lowest BCUT2D eigenvalue weighted by Gasteiger charge is -2.34. The first-order chi connectivity index (χ1) is 15.6. The maximum atomic E-state index is 11.2. The number of carboxylic acid groups (broad SMARTS) is 1. The van der Waals surface area contributed by atoms with Gasteiger partial charge in [-0.3, -0.25) is 4.98 Å². The number of halogens is 1. The summed E-state index contributed by atoms with van der Waals surface area (Å²) >= 11 is 6.17. The lowest BCUT2D eigenvalue weighted by molar-refractivity contribution is 0.0697. The van der Waals surface area contributed by atoms with Crippen LogP contribution in [0.4, 0.5) is 5.69 Å². The Bertz CT molecular complexity index is 1300. The molecule has 0 aliphatic carbocycles. The molecule has 0 atom stereocenters. The summed E-state index contributed by atoms with van der Waals surface area (Å²) in [7, 11) is 0. The van der Waals surface area contributed by atoms with E-state index in [1.54, 1.807) is 24.4 Å². The second kappa shape index (κ2) is 8.60. The molecule has 1 fully saturated rings. The fourth-order valence-corrected chi connectivity index (χ4v) is 4.58. The zero-order valence-electron chi connectivity index (χ0n) is 17.4. The molecule has 1 N–H and O–H groups in total. The number of carbonyl (C=O) groups is 1. The molecule has 1 aliphatic heterocycles. The van der Waals surface area contributed by atoms with Crippen LogP contribution in [0.2, 0.25) is 5.02 Å². The van der Waals surface area contributed by atoms with Crippen molar-refractivity contribution in [2.24, 2.45) is 0 Å². The first-order valence-electron chi connectivity index (χ1n) is 10.7. The van der Waals surface area contributed by atoms with E-state index in [4.69, 9.17) is 21.7 Å². The summed E-state index contributed by atoms with van der Waals surface area (Å²) in [5.74, 6) is -0.431. The van der Waals surface area contributed by atoms with E-state index >= 15 is 0 Å². The lowest BCUT2D eigenvalue weighted by Crippen LogP contribution is -2.32. The summed E-state index contributed by atoms with van der Waals surface area (Å²) in [5.41, 5.74) is 5.74. The predicted molar refractivity (Wildman–Crippen MR) is 128 cm³/mol. The Morgan fingerprint density at radius 2 is 1.78 bits per heavy atom. The number of hydrogen-bond donors (Lipinski definition) is 1. The summed E-state index contributed by atoms with van der Waals surface area (Å²) in [6.07, 6.45) is 3.89. The first-order valence-corrected chi connectivity index (χ1v) is 11.1. The molecular formula is C26H22ClN3O2. The number of fused-ring (bicyclic) bond motifs is 1. The van der Waals surface area contributed by atoms with Crippen molar-refractivity contribution in [3.63, 3.8) is 0 Å². The minimum absolute atomic E-state index is 0.211. The summed E-state index contributed by atoms with van der Waals surface area (Å²) in [5, 5.41) is 9.97. The fourth-order valence-electron chi connectivity index (χ4n) is 4.38. The molecule has 0 amide bonds. The van der Waals surface area contributed by atoms with Gasteiger partial charge in [0.1, 0.15) is 0 Å². The number of aromatic nitrogens is 2. The quantitative estimate of drug-likeness (QED) is 0.417. The Hall–Kier alpha value is -3.44. The molecule has 0 spiro atoms. The SMILES string of the molecule is O=C(O)c1ccc2nc(-c3cccc(N4CCC(c5cccc(Cl)c5)CC4)c3)cnc2c1. The highest BCUT2D eigenvalue weighted by Crippen LogP contribution is 2.33. The van der Waals surface area contributed by atoms with E-state index in [9.17, 15) is 4.79 Å². The van der Waals surface area contributed by atoms with Crippen LogP contribution in [-0.2, 0) is 0 Å². The van der Waals surface area contributed by atoms with Crippen LogP contribution in [0.3, 0.4) is 0 Å². The summed E-state index contributed by atoms with van der Waals surface area (Å²) < 4.78 is 0. The molecule has 0 bridgehead atoms. The number of aromatic carboxylic acids is 1. The van der Waals surface area contributed by atoms with E-state index < -0.39 is 5.97 Å². The van der Waals surface area contributed by atoms with Crippen LogP contribution in [0.25, 0.3) is 22.3 Å². The number of rotatable bonds is 4. The average Bonchev–Trinajstić information content (AvgIpc) is 2.83. The number of piperidine rings is 1. The zero-order chi connectivity index (χ0) is 22.1. The third kappa shape index (κ3) is 4.16. The van der Waals surface area contributed by atoms with Crippen LogP contribution >= 0.6 is 11.6 Å². The fraction of sp³-hybridized carbons (Fsp3) is 0.192. The molecular weight excluding hydrogens is 422 g/mol. The van der Waals surface area contributed by atoms with Crippen molar-refractivity contribution in [3.8, 4) is 11.3 Å². The molecule has 160 valence electrons. The third-order valence-corrected chi connectivity index (χ3v) is 6.35. The van der Waals surface area contributed by atoms with Crippen molar-refractivity contribution < 1.29 is 9.90 Å². The van der Waals surface area contributed by atoms with E-state index in [2.05, 4.69) is 34.1 Å². The van der Waals surface area contributed by atoms with Gasteiger partial charge in [-0.2, -0.15) is 0 Å². The van der Waals surface area contributed by atoms with Crippen molar-refractivity contribution >= 4 is 34.3 Å². The molecule has 5 nitrogen and oxygen atoms in total. The van der Waals surface area contributed by atoms with Gasteiger partial charge in [0.05, 0.1) is 28.5 Å². The molecule has 5 rings (SSSR count). The topological polar surface area (TPSA) is 66.3 Å². The molecule has 2 heterocycles. The van der Waals surface area contributed by atoms with Crippen LogP contribution in [0.5, 0.6) is 0 Å². The highest BCUT2D eigenvalue weighted by Gasteiger charge is 2.21. The van der Waals surface area contributed by atoms with Crippen molar-refractivity contribution in [1.29, 1.82) is 0 Å². The Morgan fingerprint density at radius 3 is 2.56 bits per heavy atom. The standard InChI is InChI=1S/C26H22ClN3O2/c27-21-5-1-3-18(13-21)17-9-11-30(12-10-17)22-6-2-4-19(14-22)25-16-28-24-15-20(26(31)32)7-8-23(24)29-25/h1-8,13-17H,9-12H2,(H,31,32). The van der Waals surface area contributed by atoms with Gasteiger partial charge in [0.25, 0.3) is 0 Å².